The number of nitrogens with zero attached hydrogens (tertiary/aromatic N) is 4. The average molecular weight is 443 g/mol. The van der Waals surface area contributed by atoms with Gasteiger partial charge in [0.25, 0.3) is 5.91 Å². The molecule has 1 saturated heterocycles. The molecule has 10 heteroatoms. The normalized spacial score (nSPS) is 14.0. The van der Waals surface area contributed by atoms with Crippen molar-refractivity contribution in [1.29, 1.82) is 0 Å². The summed E-state index contributed by atoms with van der Waals surface area (Å²) in [5.74, 6) is 1.92. The number of nitrogen functional groups attached to an aromatic ring is 2. The summed E-state index contributed by atoms with van der Waals surface area (Å²) < 4.78 is 10.7. The van der Waals surface area contributed by atoms with Crippen molar-refractivity contribution in [3.63, 3.8) is 0 Å². The lowest BCUT2D eigenvalue weighted by Gasteiger charge is -2.35. The zero-order valence-corrected chi connectivity index (χ0v) is 18.0. The number of hydrogen-bond donors (Lipinski definition) is 2. The van der Waals surface area contributed by atoms with Gasteiger partial charge in [-0.15, -0.1) is 0 Å². The third-order valence-electron chi connectivity index (χ3n) is 5.31. The van der Waals surface area contributed by atoms with Crippen molar-refractivity contribution in [2.45, 2.75) is 0 Å². The molecule has 0 spiro atoms. The Balaban J connectivity index is 1.53. The molecule has 162 valence electrons. The number of anilines is 3. The number of hydrogen-bond acceptors (Lipinski definition) is 8. The second-order valence-electron chi connectivity index (χ2n) is 7.15. The van der Waals surface area contributed by atoms with Crippen LogP contribution in [0.5, 0.6) is 11.5 Å². The van der Waals surface area contributed by atoms with Crippen molar-refractivity contribution in [2.24, 2.45) is 0 Å². The Hall–Kier alpha value is -3.46. The van der Waals surface area contributed by atoms with E-state index in [1.165, 1.54) is 0 Å². The number of fused-ring (bicyclic) bond motifs is 1. The highest BCUT2D eigenvalue weighted by Crippen LogP contribution is 2.34. The van der Waals surface area contributed by atoms with Crippen molar-refractivity contribution in [3.05, 3.63) is 40.9 Å². The number of rotatable bonds is 4. The molecule has 0 unspecified atom stereocenters. The number of halogens is 1. The first-order chi connectivity index (χ1) is 14.9. The lowest BCUT2D eigenvalue weighted by atomic mass is 10.1. The van der Waals surface area contributed by atoms with Gasteiger partial charge in [0, 0.05) is 43.2 Å². The number of nitrogens with two attached hydrogens (primary N) is 2. The fourth-order valence-corrected chi connectivity index (χ4v) is 3.69. The molecular formula is C21H23ClN6O3. The van der Waals surface area contributed by atoms with Gasteiger partial charge >= 0.3 is 0 Å². The summed E-state index contributed by atoms with van der Waals surface area (Å²) in [5, 5.41) is 1.12. The van der Waals surface area contributed by atoms with E-state index in [1.54, 1.807) is 49.5 Å². The number of carbonyl (C=O) groups is 1. The molecule has 0 saturated carbocycles. The van der Waals surface area contributed by atoms with Gasteiger partial charge in [-0.05, 0) is 24.3 Å². The van der Waals surface area contributed by atoms with Gasteiger partial charge < -0.3 is 30.7 Å². The Kier molecular flexibility index (Phi) is 5.60. The maximum atomic E-state index is 12.8. The SMILES string of the molecule is COc1cc2nc(N3CCN(C(=O)c4ccc(Cl)c(N)c4)CC3)nc(N)c2cc1OC. The smallest absolute Gasteiger partial charge is 0.254 e. The Morgan fingerprint density at radius 3 is 2.32 bits per heavy atom. The Morgan fingerprint density at radius 2 is 1.68 bits per heavy atom. The number of piperazine rings is 1. The van der Waals surface area contributed by atoms with E-state index in [9.17, 15) is 4.79 Å². The number of amides is 1. The predicted octanol–water partition coefficient (Wildman–Crippen LogP) is 2.43. The second-order valence-corrected chi connectivity index (χ2v) is 7.56. The monoisotopic (exact) mass is 442 g/mol. The Bertz CT molecular complexity index is 1150. The molecule has 4 rings (SSSR count). The van der Waals surface area contributed by atoms with Crippen LogP contribution in [0.25, 0.3) is 10.9 Å². The maximum Gasteiger partial charge on any atom is 0.254 e. The summed E-state index contributed by atoms with van der Waals surface area (Å²) in [7, 11) is 3.13. The van der Waals surface area contributed by atoms with Crippen LogP contribution in [-0.2, 0) is 0 Å². The fourth-order valence-electron chi connectivity index (χ4n) is 3.58. The molecule has 2 heterocycles. The molecule has 0 bridgehead atoms. The van der Waals surface area contributed by atoms with Crippen LogP contribution in [0.15, 0.2) is 30.3 Å². The van der Waals surface area contributed by atoms with Gasteiger partial charge in [-0.1, -0.05) is 11.6 Å². The first kappa shape index (κ1) is 20.8. The van der Waals surface area contributed by atoms with Crippen molar-refractivity contribution < 1.29 is 14.3 Å². The Morgan fingerprint density at radius 1 is 1.00 bits per heavy atom. The van der Waals surface area contributed by atoms with Gasteiger partial charge in [-0.3, -0.25) is 4.79 Å². The van der Waals surface area contributed by atoms with E-state index in [2.05, 4.69) is 9.97 Å². The minimum atomic E-state index is -0.0845. The van der Waals surface area contributed by atoms with Gasteiger partial charge in [0.15, 0.2) is 11.5 Å². The van der Waals surface area contributed by atoms with Crippen molar-refractivity contribution >= 4 is 45.9 Å². The fraction of sp³-hybridized carbons (Fsp3) is 0.286. The number of methoxy groups -OCH3 is 2. The topological polar surface area (TPSA) is 120 Å². The molecule has 4 N–H and O–H groups in total. The third-order valence-corrected chi connectivity index (χ3v) is 5.66. The molecule has 1 aromatic heterocycles. The van der Waals surface area contributed by atoms with E-state index >= 15 is 0 Å². The standard InChI is InChI=1S/C21H23ClN6O3/c1-30-17-10-13-16(11-18(17)31-2)25-21(26-19(13)24)28-7-5-27(6-8-28)20(29)12-3-4-14(22)15(23)9-12/h3-4,9-11H,5-8,23H2,1-2H3,(H2,24,25,26). The first-order valence-electron chi connectivity index (χ1n) is 9.69. The molecule has 1 fully saturated rings. The molecule has 31 heavy (non-hydrogen) atoms. The summed E-state index contributed by atoms with van der Waals surface area (Å²) >= 11 is 5.95. The number of carbonyl (C=O) groups excluding carboxylic acids is 1. The van der Waals surface area contributed by atoms with E-state index in [-0.39, 0.29) is 5.91 Å². The van der Waals surface area contributed by atoms with Crippen LogP contribution in [0.4, 0.5) is 17.5 Å². The molecular weight excluding hydrogens is 420 g/mol. The number of aromatic nitrogens is 2. The zero-order chi connectivity index (χ0) is 22.1. The van der Waals surface area contributed by atoms with Crippen LogP contribution < -0.4 is 25.8 Å². The van der Waals surface area contributed by atoms with Crippen LogP contribution in [-0.4, -0.2) is 61.2 Å². The largest absolute Gasteiger partial charge is 0.493 e. The zero-order valence-electron chi connectivity index (χ0n) is 17.3. The van der Waals surface area contributed by atoms with E-state index in [0.29, 0.717) is 76.6 Å². The van der Waals surface area contributed by atoms with Crippen molar-refractivity contribution in [2.75, 3.05) is 56.8 Å². The van der Waals surface area contributed by atoms with E-state index in [1.807, 2.05) is 4.90 Å². The van der Waals surface area contributed by atoms with Crippen LogP contribution in [0.2, 0.25) is 5.02 Å². The summed E-state index contributed by atoms with van der Waals surface area (Å²) in [6.45, 7) is 2.20. The molecule has 0 atom stereocenters. The van der Waals surface area contributed by atoms with Crippen LogP contribution in [0.1, 0.15) is 10.4 Å². The highest BCUT2D eigenvalue weighted by Gasteiger charge is 2.24. The number of ether oxygens (including phenoxy) is 2. The molecule has 1 amide bonds. The third kappa shape index (κ3) is 3.96. The molecule has 3 aromatic rings. The van der Waals surface area contributed by atoms with Crippen molar-refractivity contribution in [1.82, 2.24) is 14.9 Å². The minimum Gasteiger partial charge on any atom is -0.493 e. The van der Waals surface area contributed by atoms with Gasteiger partial charge in [0.05, 0.1) is 30.4 Å². The van der Waals surface area contributed by atoms with Crippen LogP contribution in [0, 0.1) is 0 Å². The van der Waals surface area contributed by atoms with Gasteiger partial charge in [0.2, 0.25) is 5.95 Å². The minimum absolute atomic E-state index is 0.0845. The summed E-state index contributed by atoms with van der Waals surface area (Å²) in [6, 6.07) is 8.46. The lowest BCUT2D eigenvalue weighted by Crippen LogP contribution is -2.49. The lowest BCUT2D eigenvalue weighted by molar-refractivity contribution is 0.0746. The maximum absolute atomic E-state index is 12.8. The highest BCUT2D eigenvalue weighted by molar-refractivity contribution is 6.33. The average Bonchev–Trinajstić information content (AvgIpc) is 2.79. The molecule has 1 aliphatic heterocycles. The van der Waals surface area contributed by atoms with Crippen LogP contribution >= 0.6 is 11.6 Å². The first-order valence-corrected chi connectivity index (χ1v) is 10.1. The van der Waals surface area contributed by atoms with Gasteiger partial charge in [0.1, 0.15) is 5.82 Å². The van der Waals surface area contributed by atoms with E-state index in [4.69, 9.17) is 32.5 Å². The van der Waals surface area contributed by atoms with Gasteiger partial charge in [-0.2, -0.15) is 4.98 Å². The molecule has 9 nitrogen and oxygen atoms in total. The molecule has 1 aliphatic rings. The summed E-state index contributed by atoms with van der Waals surface area (Å²) in [4.78, 5) is 25.7. The quantitative estimate of drug-likeness (QED) is 0.591. The number of benzene rings is 2. The van der Waals surface area contributed by atoms with E-state index < -0.39 is 0 Å². The Labute approximate surface area is 184 Å². The van der Waals surface area contributed by atoms with E-state index in [0.717, 1.165) is 0 Å². The molecule has 0 aliphatic carbocycles. The highest BCUT2D eigenvalue weighted by atomic mass is 35.5. The predicted molar refractivity (Wildman–Crippen MR) is 121 cm³/mol. The molecule has 2 aromatic carbocycles. The molecule has 0 radical (unpaired) electrons. The van der Waals surface area contributed by atoms with Crippen LogP contribution in [0.3, 0.4) is 0 Å². The second kappa shape index (κ2) is 8.35. The van der Waals surface area contributed by atoms with Gasteiger partial charge in [-0.25, -0.2) is 4.98 Å². The summed E-state index contributed by atoms with van der Waals surface area (Å²) in [6.07, 6.45) is 0. The summed E-state index contributed by atoms with van der Waals surface area (Å²) in [5.41, 5.74) is 13.6. The van der Waals surface area contributed by atoms with Crippen molar-refractivity contribution in [3.8, 4) is 11.5 Å².